The number of aromatic nitrogens is 3. The maximum atomic E-state index is 12.9. The summed E-state index contributed by atoms with van der Waals surface area (Å²) in [4.78, 5) is 3.55. The third kappa shape index (κ3) is 2.42. The second-order valence-corrected chi connectivity index (χ2v) is 5.51. The molecule has 0 spiro atoms. The average molecular weight is 280 g/mol. The van der Waals surface area contributed by atoms with Gasteiger partial charge in [-0.15, -0.1) is 0 Å². The first-order valence-corrected chi connectivity index (χ1v) is 6.51. The van der Waals surface area contributed by atoms with Crippen LogP contribution in [0.4, 0.5) is 8.78 Å². The molecule has 9 heteroatoms. The Kier molecular flexibility index (Phi) is 2.84. The van der Waals surface area contributed by atoms with Crippen LogP contribution in [-0.2, 0) is 9.05 Å². The summed E-state index contributed by atoms with van der Waals surface area (Å²) in [6.45, 7) is 0. The van der Waals surface area contributed by atoms with Crippen molar-refractivity contribution in [2.24, 2.45) is 0 Å². The van der Waals surface area contributed by atoms with E-state index in [4.69, 9.17) is 10.7 Å². The zero-order valence-corrected chi connectivity index (χ0v) is 9.56. The highest BCUT2D eigenvalue weighted by Gasteiger charge is 2.17. The molecule has 0 atom stereocenters. The molecule has 0 aliphatic carbocycles. The molecule has 1 heterocycles. The summed E-state index contributed by atoms with van der Waals surface area (Å²) < 4.78 is 47.4. The number of nitrogens with one attached hydrogen (secondary N) is 1. The van der Waals surface area contributed by atoms with Gasteiger partial charge in [0.15, 0.2) is 17.5 Å². The first kappa shape index (κ1) is 11.9. The highest BCUT2D eigenvalue weighted by atomic mass is 35.7. The van der Waals surface area contributed by atoms with Crippen LogP contribution >= 0.6 is 10.7 Å². The van der Waals surface area contributed by atoms with E-state index in [0.29, 0.717) is 0 Å². The highest BCUT2D eigenvalue weighted by molar-refractivity contribution is 8.13. The second-order valence-electron chi connectivity index (χ2n) is 3.03. The van der Waals surface area contributed by atoms with Gasteiger partial charge in [0.25, 0.3) is 14.2 Å². The molecule has 0 saturated carbocycles. The van der Waals surface area contributed by atoms with Gasteiger partial charge >= 0.3 is 0 Å². The van der Waals surface area contributed by atoms with Gasteiger partial charge in [-0.25, -0.2) is 22.3 Å². The van der Waals surface area contributed by atoms with Crippen molar-refractivity contribution >= 4 is 19.7 Å². The maximum Gasteiger partial charge on any atom is 0.296 e. The van der Waals surface area contributed by atoms with Crippen LogP contribution in [0.5, 0.6) is 0 Å². The molecule has 0 amide bonds. The largest absolute Gasteiger partial charge is 0.296 e. The summed E-state index contributed by atoms with van der Waals surface area (Å²) in [6.07, 6.45) is 0. The number of nitrogens with zero attached hydrogens (tertiary/aromatic N) is 2. The average Bonchev–Trinajstić information content (AvgIpc) is 2.70. The lowest BCUT2D eigenvalue weighted by Gasteiger charge is -1.95. The van der Waals surface area contributed by atoms with Crippen LogP contribution in [0.1, 0.15) is 0 Å². The van der Waals surface area contributed by atoms with E-state index in [1.165, 1.54) is 6.07 Å². The van der Waals surface area contributed by atoms with E-state index in [9.17, 15) is 17.2 Å². The van der Waals surface area contributed by atoms with Gasteiger partial charge in [-0.3, -0.25) is 0 Å². The Hall–Kier alpha value is -1.54. The van der Waals surface area contributed by atoms with Crippen LogP contribution in [0.25, 0.3) is 11.4 Å². The number of rotatable bonds is 2. The number of H-pyrrole nitrogens is 1. The van der Waals surface area contributed by atoms with Crippen LogP contribution < -0.4 is 0 Å². The molecule has 0 fully saturated rings. The Bertz CT molecular complexity index is 671. The van der Waals surface area contributed by atoms with Crippen LogP contribution in [0, 0.1) is 11.6 Å². The van der Waals surface area contributed by atoms with Gasteiger partial charge in [0.2, 0.25) is 0 Å². The molecule has 2 rings (SSSR count). The molecule has 1 aromatic carbocycles. The predicted octanol–water partition coefficient (Wildman–Crippen LogP) is 1.68. The van der Waals surface area contributed by atoms with E-state index in [1.54, 1.807) is 0 Å². The van der Waals surface area contributed by atoms with Crippen molar-refractivity contribution in [1.82, 2.24) is 15.2 Å². The van der Waals surface area contributed by atoms with Gasteiger partial charge in [0, 0.05) is 16.2 Å². The minimum atomic E-state index is -4.03. The normalized spacial score (nSPS) is 11.7. The topological polar surface area (TPSA) is 75.7 Å². The first-order valence-electron chi connectivity index (χ1n) is 4.20. The molecule has 1 N–H and O–H groups in total. The maximum absolute atomic E-state index is 12.9. The highest BCUT2D eigenvalue weighted by Crippen LogP contribution is 2.19. The molecule has 0 unspecified atom stereocenters. The lowest BCUT2D eigenvalue weighted by Crippen LogP contribution is -1.93. The second kappa shape index (κ2) is 4.04. The molecule has 5 nitrogen and oxygen atoms in total. The Morgan fingerprint density at radius 3 is 2.47 bits per heavy atom. The summed E-state index contributed by atoms with van der Waals surface area (Å²) in [6, 6.07) is 2.95. The smallest absolute Gasteiger partial charge is 0.248 e. The Morgan fingerprint density at radius 2 is 1.94 bits per heavy atom. The molecule has 2 aromatic rings. The molecular formula is C8H4ClF2N3O2S. The molecule has 0 bridgehead atoms. The number of benzene rings is 1. The van der Waals surface area contributed by atoms with E-state index in [2.05, 4.69) is 15.2 Å². The quantitative estimate of drug-likeness (QED) is 0.849. The molecule has 17 heavy (non-hydrogen) atoms. The number of aromatic amines is 1. The standard InChI is InChI=1S/C8H4ClF2N3O2S/c9-17(15,16)8-12-7(13-14-8)4-1-2-5(10)6(11)3-4/h1-3H,(H,12,13,14). The lowest BCUT2D eigenvalue weighted by atomic mass is 10.2. The fourth-order valence-corrected chi connectivity index (χ4v) is 1.68. The lowest BCUT2D eigenvalue weighted by molar-refractivity contribution is 0.509. The van der Waals surface area contributed by atoms with Crippen molar-refractivity contribution in [3.8, 4) is 11.4 Å². The van der Waals surface area contributed by atoms with Crippen molar-refractivity contribution < 1.29 is 17.2 Å². The first-order chi connectivity index (χ1) is 7.88. The third-order valence-corrected chi connectivity index (χ3v) is 2.96. The summed E-state index contributed by atoms with van der Waals surface area (Å²) in [7, 11) is 0.987. The van der Waals surface area contributed by atoms with Crippen LogP contribution in [-0.4, -0.2) is 23.6 Å². The molecule has 1 aromatic heterocycles. The zero-order valence-electron chi connectivity index (χ0n) is 7.99. The van der Waals surface area contributed by atoms with E-state index in [1.807, 2.05) is 0 Å². The molecular weight excluding hydrogens is 276 g/mol. The minimum Gasteiger partial charge on any atom is -0.248 e. The number of hydrogen-bond donors (Lipinski definition) is 1. The summed E-state index contributed by atoms with van der Waals surface area (Å²) in [5.41, 5.74) is 0.131. The SMILES string of the molecule is O=S(=O)(Cl)c1nc(-c2ccc(F)c(F)c2)n[nH]1. The van der Waals surface area contributed by atoms with Gasteiger partial charge in [0.1, 0.15) is 0 Å². The fourth-order valence-electron chi connectivity index (χ4n) is 1.12. The number of halogens is 3. The van der Waals surface area contributed by atoms with E-state index in [-0.39, 0.29) is 11.4 Å². The molecule has 0 aliphatic rings. The Balaban J connectivity index is 2.47. The fraction of sp³-hybridized carbons (Fsp3) is 0. The van der Waals surface area contributed by atoms with E-state index in [0.717, 1.165) is 12.1 Å². The Morgan fingerprint density at radius 1 is 1.24 bits per heavy atom. The molecule has 90 valence electrons. The molecule has 0 aliphatic heterocycles. The van der Waals surface area contributed by atoms with Gasteiger partial charge in [-0.1, -0.05) is 0 Å². The summed E-state index contributed by atoms with van der Waals surface area (Å²) in [5, 5.41) is 5.06. The Labute approximate surface area is 98.9 Å². The summed E-state index contributed by atoms with van der Waals surface area (Å²) in [5.74, 6) is -2.19. The zero-order chi connectivity index (χ0) is 12.6. The van der Waals surface area contributed by atoms with E-state index < -0.39 is 25.8 Å². The molecule has 0 saturated heterocycles. The van der Waals surface area contributed by atoms with Crippen molar-refractivity contribution in [2.45, 2.75) is 5.16 Å². The van der Waals surface area contributed by atoms with Crippen molar-refractivity contribution in [1.29, 1.82) is 0 Å². The predicted molar refractivity (Wildman–Crippen MR) is 54.8 cm³/mol. The van der Waals surface area contributed by atoms with Gasteiger partial charge in [-0.05, 0) is 18.2 Å². The van der Waals surface area contributed by atoms with Crippen LogP contribution in [0.2, 0.25) is 0 Å². The minimum absolute atomic E-state index is 0.0943. The van der Waals surface area contributed by atoms with Crippen molar-refractivity contribution in [2.75, 3.05) is 0 Å². The number of hydrogen-bond acceptors (Lipinski definition) is 4. The van der Waals surface area contributed by atoms with Crippen LogP contribution in [0.15, 0.2) is 23.4 Å². The van der Waals surface area contributed by atoms with E-state index >= 15 is 0 Å². The van der Waals surface area contributed by atoms with Gasteiger partial charge in [-0.2, -0.15) is 10.1 Å². The molecule has 0 radical (unpaired) electrons. The monoisotopic (exact) mass is 279 g/mol. The van der Waals surface area contributed by atoms with Crippen LogP contribution in [0.3, 0.4) is 0 Å². The van der Waals surface area contributed by atoms with Gasteiger partial charge in [0.05, 0.1) is 0 Å². The summed E-state index contributed by atoms with van der Waals surface area (Å²) >= 11 is 0. The van der Waals surface area contributed by atoms with Crippen molar-refractivity contribution in [3.05, 3.63) is 29.8 Å². The van der Waals surface area contributed by atoms with Crippen molar-refractivity contribution in [3.63, 3.8) is 0 Å². The van der Waals surface area contributed by atoms with Gasteiger partial charge < -0.3 is 0 Å². The third-order valence-electron chi connectivity index (χ3n) is 1.87.